The van der Waals surface area contributed by atoms with Crippen LogP contribution in [0.25, 0.3) is 0 Å². The SMILES string of the molecule is NC(C[SiH3])CNCCCOCC1CO1. The van der Waals surface area contributed by atoms with Crippen molar-refractivity contribution in [3.8, 4) is 0 Å². The maximum Gasteiger partial charge on any atom is 0.104 e. The van der Waals surface area contributed by atoms with Gasteiger partial charge in [-0.05, 0) is 19.0 Å². The average molecular weight is 218 g/mol. The molecule has 3 N–H and O–H groups in total. The molecule has 14 heavy (non-hydrogen) atoms. The maximum atomic E-state index is 5.79. The van der Waals surface area contributed by atoms with Crippen LogP contribution in [0.15, 0.2) is 0 Å². The summed E-state index contributed by atoms with van der Waals surface area (Å²) >= 11 is 0. The van der Waals surface area contributed by atoms with E-state index in [1.54, 1.807) is 0 Å². The van der Waals surface area contributed by atoms with E-state index in [2.05, 4.69) is 5.32 Å². The molecule has 2 atom stereocenters. The van der Waals surface area contributed by atoms with Gasteiger partial charge in [0.1, 0.15) is 6.10 Å². The third kappa shape index (κ3) is 6.50. The summed E-state index contributed by atoms with van der Waals surface area (Å²) in [5.41, 5.74) is 5.79. The van der Waals surface area contributed by atoms with Gasteiger partial charge < -0.3 is 20.5 Å². The van der Waals surface area contributed by atoms with E-state index in [0.29, 0.717) is 12.1 Å². The molecule has 2 unspecified atom stereocenters. The first-order valence-electron chi connectivity index (χ1n) is 5.48. The number of epoxide rings is 1. The van der Waals surface area contributed by atoms with Crippen molar-refractivity contribution in [1.82, 2.24) is 5.32 Å². The van der Waals surface area contributed by atoms with E-state index in [1.807, 2.05) is 0 Å². The molecular weight excluding hydrogens is 196 g/mol. The normalized spacial score (nSPS) is 22.5. The maximum absolute atomic E-state index is 5.79. The summed E-state index contributed by atoms with van der Waals surface area (Å²) in [6.45, 7) is 4.41. The van der Waals surface area contributed by atoms with Crippen molar-refractivity contribution < 1.29 is 9.47 Å². The summed E-state index contributed by atoms with van der Waals surface area (Å²) in [5.74, 6) is 0. The number of nitrogens with one attached hydrogen (secondary N) is 1. The monoisotopic (exact) mass is 218 g/mol. The first kappa shape index (κ1) is 12.1. The minimum atomic E-state index is 0.349. The number of hydrogen-bond donors (Lipinski definition) is 2. The van der Waals surface area contributed by atoms with Crippen LogP contribution in [0.2, 0.25) is 6.04 Å². The van der Waals surface area contributed by atoms with Gasteiger partial charge in [0.25, 0.3) is 0 Å². The molecule has 84 valence electrons. The van der Waals surface area contributed by atoms with Crippen LogP contribution in [0.3, 0.4) is 0 Å². The van der Waals surface area contributed by atoms with Gasteiger partial charge in [-0.2, -0.15) is 0 Å². The van der Waals surface area contributed by atoms with Crippen molar-refractivity contribution in [1.29, 1.82) is 0 Å². The highest BCUT2D eigenvalue weighted by molar-refractivity contribution is 6.08. The molecular formula is C9H22N2O2Si. The Morgan fingerprint density at radius 3 is 3.07 bits per heavy atom. The lowest BCUT2D eigenvalue weighted by atomic mass is 10.3. The van der Waals surface area contributed by atoms with Crippen LogP contribution in [-0.2, 0) is 9.47 Å². The van der Waals surface area contributed by atoms with E-state index in [4.69, 9.17) is 15.2 Å². The standard InChI is InChI=1S/C9H22N2O2Si/c10-8(7-14)4-11-2-1-3-12-5-9-6-13-9/h8-9,11H,1-7,10H2,14H3. The van der Waals surface area contributed by atoms with Gasteiger partial charge in [-0.3, -0.25) is 0 Å². The lowest BCUT2D eigenvalue weighted by molar-refractivity contribution is 0.114. The van der Waals surface area contributed by atoms with Crippen molar-refractivity contribution in [2.45, 2.75) is 24.6 Å². The molecule has 0 aliphatic carbocycles. The van der Waals surface area contributed by atoms with Crippen LogP contribution in [0.4, 0.5) is 0 Å². The van der Waals surface area contributed by atoms with Gasteiger partial charge >= 0.3 is 0 Å². The Kier molecular flexibility index (Phi) is 6.38. The second-order valence-electron chi connectivity index (χ2n) is 3.76. The topological polar surface area (TPSA) is 59.8 Å². The number of nitrogens with two attached hydrogens (primary N) is 1. The van der Waals surface area contributed by atoms with Gasteiger partial charge in [0.2, 0.25) is 0 Å². The summed E-state index contributed by atoms with van der Waals surface area (Å²) in [7, 11) is 1.19. The highest BCUT2D eigenvalue weighted by Gasteiger charge is 2.21. The fourth-order valence-electron chi connectivity index (χ4n) is 1.11. The van der Waals surface area contributed by atoms with Gasteiger partial charge in [0.05, 0.1) is 13.2 Å². The van der Waals surface area contributed by atoms with Gasteiger partial charge in [0, 0.05) is 29.4 Å². The van der Waals surface area contributed by atoms with Crippen molar-refractivity contribution in [2.75, 3.05) is 32.9 Å². The lowest BCUT2D eigenvalue weighted by Gasteiger charge is -2.09. The molecule has 1 heterocycles. The largest absolute Gasteiger partial charge is 0.379 e. The van der Waals surface area contributed by atoms with E-state index >= 15 is 0 Å². The van der Waals surface area contributed by atoms with Crippen LogP contribution in [0.1, 0.15) is 6.42 Å². The Morgan fingerprint density at radius 1 is 1.64 bits per heavy atom. The molecule has 0 aromatic heterocycles. The van der Waals surface area contributed by atoms with Crippen LogP contribution < -0.4 is 11.1 Å². The molecule has 0 spiro atoms. The van der Waals surface area contributed by atoms with Crippen molar-refractivity contribution in [3.05, 3.63) is 0 Å². The number of hydrogen-bond acceptors (Lipinski definition) is 4. The molecule has 1 saturated heterocycles. The lowest BCUT2D eigenvalue weighted by Crippen LogP contribution is -2.34. The third-order valence-electron chi connectivity index (χ3n) is 2.28. The Labute approximate surface area is 88.9 Å². The molecule has 1 aliphatic rings. The van der Waals surface area contributed by atoms with Crippen LogP contribution in [-0.4, -0.2) is 55.3 Å². The fraction of sp³-hybridized carbons (Fsp3) is 1.00. The summed E-state index contributed by atoms with van der Waals surface area (Å²) in [6, 6.07) is 1.52. The van der Waals surface area contributed by atoms with E-state index in [-0.39, 0.29) is 0 Å². The van der Waals surface area contributed by atoms with Crippen LogP contribution in [0, 0.1) is 0 Å². The zero-order chi connectivity index (χ0) is 10.2. The molecule has 0 aromatic carbocycles. The van der Waals surface area contributed by atoms with Crippen LogP contribution in [0.5, 0.6) is 0 Å². The molecule has 1 rings (SSSR count). The second kappa shape index (κ2) is 7.36. The number of ether oxygens (including phenoxy) is 2. The zero-order valence-electron chi connectivity index (χ0n) is 9.00. The van der Waals surface area contributed by atoms with E-state index in [0.717, 1.165) is 39.3 Å². The highest BCUT2D eigenvalue weighted by atomic mass is 28.1. The van der Waals surface area contributed by atoms with E-state index < -0.39 is 0 Å². The predicted molar refractivity (Wildman–Crippen MR) is 60.8 cm³/mol. The first-order valence-corrected chi connectivity index (χ1v) is 6.90. The van der Waals surface area contributed by atoms with Crippen molar-refractivity contribution >= 4 is 10.2 Å². The third-order valence-corrected chi connectivity index (χ3v) is 3.33. The summed E-state index contributed by atoms with van der Waals surface area (Å²) < 4.78 is 10.4. The molecule has 0 saturated carbocycles. The molecule has 0 aromatic rings. The molecule has 1 fully saturated rings. The van der Waals surface area contributed by atoms with Gasteiger partial charge in [-0.1, -0.05) is 0 Å². The predicted octanol–water partition coefficient (Wildman–Crippen LogP) is -1.51. The van der Waals surface area contributed by atoms with E-state index in [9.17, 15) is 0 Å². The highest BCUT2D eigenvalue weighted by Crippen LogP contribution is 2.08. The van der Waals surface area contributed by atoms with Gasteiger partial charge in [-0.15, -0.1) is 0 Å². The average Bonchev–Trinajstić information content (AvgIpc) is 2.99. The van der Waals surface area contributed by atoms with Gasteiger partial charge in [-0.25, -0.2) is 0 Å². The summed E-state index contributed by atoms with van der Waals surface area (Å²) in [6.07, 6.45) is 1.45. The Bertz CT molecular complexity index is 145. The minimum absolute atomic E-state index is 0.349. The Balaban J connectivity index is 1.70. The molecule has 1 aliphatic heterocycles. The minimum Gasteiger partial charge on any atom is -0.379 e. The van der Waals surface area contributed by atoms with Crippen molar-refractivity contribution in [3.63, 3.8) is 0 Å². The fourth-order valence-corrected chi connectivity index (χ4v) is 1.40. The summed E-state index contributed by atoms with van der Waals surface area (Å²) in [5, 5.41) is 3.33. The molecule has 0 amide bonds. The van der Waals surface area contributed by atoms with E-state index in [1.165, 1.54) is 16.3 Å². The molecule has 4 nitrogen and oxygen atoms in total. The molecule has 0 bridgehead atoms. The molecule has 0 radical (unpaired) electrons. The van der Waals surface area contributed by atoms with Gasteiger partial charge in [0.15, 0.2) is 0 Å². The smallest absolute Gasteiger partial charge is 0.104 e. The Morgan fingerprint density at radius 2 is 2.43 bits per heavy atom. The molecule has 5 heteroatoms. The first-order chi connectivity index (χ1) is 6.83. The van der Waals surface area contributed by atoms with Crippen molar-refractivity contribution in [2.24, 2.45) is 5.73 Å². The number of rotatable bonds is 9. The Hall–Kier alpha value is 0.0569. The van der Waals surface area contributed by atoms with Crippen LogP contribution >= 0.6 is 0 Å². The quantitative estimate of drug-likeness (QED) is 0.281. The zero-order valence-corrected chi connectivity index (χ0v) is 11.0. The second-order valence-corrected chi connectivity index (χ2v) is 4.57. The summed E-state index contributed by atoms with van der Waals surface area (Å²) in [4.78, 5) is 0.